The molecule has 2 atom stereocenters. The van der Waals surface area contributed by atoms with Crippen LogP contribution in [0, 0.1) is 11.3 Å². The van der Waals surface area contributed by atoms with Crippen LogP contribution in [0.15, 0.2) is 0 Å². The SMILES string of the molecule is CCO[PH](=O)C(C#N)OC(=O)OC. The highest BCUT2D eigenvalue weighted by atomic mass is 31.1. The van der Waals surface area contributed by atoms with E-state index in [9.17, 15) is 9.36 Å². The predicted molar refractivity (Wildman–Crippen MR) is 43.5 cm³/mol. The summed E-state index contributed by atoms with van der Waals surface area (Å²) in [6.07, 6.45) is -1.05. The molecule has 0 rings (SSSR count). The normalized spacial score (nSPS) is 13.9. The van der Waals surface area contributed by atoms with Gasteiger partial charge in [-0.05, 0) is 6.92 Å². The highest BCUT2D eigenvalue weighted by Gasteiger charge is 2.21. The van der Waals surface area contributed by atoms with Crippen LogP contribution >= 0.6 is 8.03 Å². The molecule has 0 aliphatic carbocycles. The molecule has 0 saturated heterocycles. The third kappa shape index (κ3) is 4.51. The summed E-state index contributed by atoms with van der Waals surface area (Å²) in [6, 6.07) is 1.54. The van der Waals surface area contributed by atoms with Crippen molar-refractivity contribution in [3.05, 3.63) is 0 Å². The molecule has 0 saturated carbocycles. The molecule has 0 aliphatic heterocycles. The molecule has 13 heavy (non-hydrogen) atoms. The minimum atomic E-state index is -2.67. The van der Waals surface area contributed by atoms with Crippen LogP contribution in [-0.4, -0.2) is 25.7 Å². The van der Waals surface area contributed by atoms with Crippen molar-refractivity contribution in [2.24, 2.45) is 0 Å². The third-order valence-corrected chi connectivity index (χ3v) is 2.25. The molecule has 0 aromatic heterocycles. The van der Waals surface area contributed by atoms with Crippen molar-refractivity contribution >= 4 is 14.2 Å². The fraction of sp³-hybridized carbons (Fsp3) is 0.667. The standard InChI is InChI=1S/C6H10NO5P/c1-3-11-13(9)5(4-7)12-6(8)10-2/h5,13H,3H2,1-2H3. The predicted octanol–water partition coefficient (Wildman–Crippen LogP) is 1.13. The molecule has 0 radical (unpaired) electrons. The van der Waals surface area contributed by atoms with Crippen molar-refractivity contribution < 1.29 is 23.4 Å². The molecule has 0 bridgehead atoms. The van der Waals surface area contributed by atoms with Gasteiger partial charge >= 0.3 is 6.16 Å². The fourth-order valence-electron chi connectivity index (χ4n) is 0.489. The Bertz CT molecular complexity index is 236. The molecule has 7 heteroatoms. The summed E-state index contributed by atoms with van der Waals surface area (Å²) in [6.45, 7) is 1.82. The third-order valence-electron chi connectivity index (χ3n) is 0.999. The van der Waals surface area contributed by atoms with Gasteiger partial charge in [-0.2, -0.15) is 5.26 Å². The lowest BCUT2D eigenvalue weighted by Gasteiger charge is -2.08. The summed E-state index contributed by atoms with van der Waals surface area (Å²) in [5, 5.41) is 8.43. The van der Waals surface area contributed by atoms with Gasteiger partial charge in [0.2, 0.25) is 8.03 Å². The number of methoxy groups -OCH3 is 1. The average molecular weight is 207 g/mol. The second-order valence-electron chi connectivity index (χ2n) is 1.83. The van der Waals surface area contributed by atoms with Gasteiger partial charge in [-0.1, -0.05) is 0 Å². The van der Waals surface area contributed by atoms with Gasteiger partial charge in [0.1, 0.15) is 6.07 Å². The van der Waals surface area contributed by atoms with Gasteiger partial charge in [-0.3, -0.25) is 4.57 Å². The lowest BCUT2D eigenvalue weighted by atomic mass is 10.8. The lowest BCUT2D eigenvalue weighted by molar-refractivity contribution is 0.0707. The smallest absolute Gasteiger partial charge is 0.438 e. The molecule has 0 fully saturated rings. The summed E-state index contributed by atoms with van der Waals surface area (Å²) in [4.78, 5) is 10.5. The van der Waals surface area contributed by atoms with Gasteiger partial charge in [0.05, 0.1) is 13.7 Å². The first kappa shape index (κ1) is 11.9. The van der Waals surface area contributed by atoms with E-state index in [1.807, 2.05) is 0 Å². The van der Waals surface area contributed by atoms with E-state index in [4.69, 9.17) is 5.26 Å². The van der Waals surface area contributed by atoms with Crippen LogP contribution in [0.25, 0.3) is 0 Å². The second-order valence-corrected chi connectivity index (χ2v) is 3.28. The Kier molecular flexibility index (Phi) is 5.94. The highest BCUT2D eigenvalue weighted by molar-refractivity contribution is 7.40. The fourth-order valence-corrected chi connectivity index (χ4v) is 1.22. The zero-order chi connectivity index (χ0) is 10.3. The Morgan fingerprint density at radius 2 is 2.31 bits per heavy atom. The van der Waals surface area contributed by atoms with Crippen LogP contribution in [0.2, 0.25) is 0 Å². The zero-order valence-corrected chi connectivity index (χ0v) is 8.27. The Morgan fingerprint density at radius 3 is 2.69 bits per heavy atom. The molecule has 0 heterocycles. The van der Waals surface area contributed by atoms with E-state index in [0.29, 0.717) is 0 Å². The molecule has 0 aromatic carbocycles. The topological polar surface area (TPSA) is 85.6 Å². The molecule has 74 valence electrons. The average Bonchev–Trinajstić information content (AvgIpc) is 2.14. The van der Waals surface area contributed by atoms with E-state index in [0.717, 1.165) is 7.11 Å². The maximum absolute atomic E-state index is 11.0. The van der Waals surface area contributed by atoms with Gasteiger partial charge in [0.15, 0.2) is 0 Å². The van der Waals surface area contributed by atoms with E-state index >= 15 is 0 Å². The zero-order valence-electron chi connectivity index (χ0n) is 7.27. The van der Waals surface area contributed by atoms with E-state index in [1.165, 1.54) is 6.07 Å². The van der Waals surface area contributed by atoms with E-state index in [1.54, 1.807) is 6.92 Å². The monoisotopic (exact) mass is 207 g/mol. The van der Waals surface area contributed by atoms with Crippen LogP contribution in [0.4, 0.5) is 4.79 Å². The Hall–Kier alpha value is -1.05. The Morgan fingerprint density at radius 1 is 1.69 bits per heavy atom. The molecule has 0 aromatic rings. The number of carbonyl (C=O) groups excluding carboxylic acids is 1. The van der Waals surface area contributed by atoms with Crippen LogP contribution in [-0.2, 0) is 18.6 Å². The maximum atomic E-state index is 11.0. The van der Waals surface area contributed by atoms with E-state index in [-0.39, 0.29) is 6.61 Å². The molecule has 0 aliphatic rings. The van der Waals surface area contributed by atoms with Crippen LogP contribution in [0.3, 0.4) is 0 Å². The van der Waals surface area contributed by atoms with Gasteiger partial charge < -0.3 is 14.0 Å². The number of nitriles is 1. The van der Waals surface area contributed by atoms with E-state index in [2.05, 4.69) is 14.0 Å². The lowest BCUT2D eigenvalue weighted by Crippen LogP contribution is -2.13. The number of carbonyl (C=O) groups is 1. The molecular formula is C6H10NO5P. The number of hydrogen-bond donors (Lipinski definition) is 0. The summed E-state index contributed by atoms with van der Waals surface area (Å²) in [7, 11) is -1.58. The number of hydrogen-bond acceptors (Lipinski definition) is 6. The summed E-state index contributed by atoms with van der Waals surface area (Å²) >= 11 is 0. The van der Waals surface area contributed by atoms with Gasteiger partial charge in [0, 0.05) is 0 Å². The minimum Gasteiger partial charge on any atom is -0.438 e. The minimum absolute atomic E-state index is 0.195. The van der Waals surface area contributed by atoms with Crippen molar-refractivity contribution in [2.45, 2.75) is 12.8 Å². The van der Waals surface area contributed by atoms with Crippen LogP contribution in [0.1, 0.15) is 6.92 Å². The molecular weight excluding hydrogens is 197 g/mol. The van der Waals surface area contributed by atoms with Crippen molar-refractivity contribution in [2.75, 3.05) is 13.7 Å². The van der Waals surface area contributed by atoms with Crippen LogP contribution < -0.4 is 0 Å². The summed E-state index contributed by atoms with van der Waals surface area (Å²) < 4.78 is 24.1. The quantitative estimate of drug-likeness (QED) is 0.507. The number of rotatable bonds is 4. The second kappa shape index (κ2) is 6.46. The molecule has 6 nitrogen and oxygen atoms in total. The van der Waals surface area contributed by atoms with E-state index < -0.39 is 20.0 Å². The van der Waals surface area contributed by atoms with Crippen molar-refractivity contribution in [3.63, 3.8) is 0 Å². The molecule has 2 unspecified atom stereocenters. The van der Waals surface area contributed by atoms with Crippen molar-refractivity contribution in [1.82, 2.24) is 0 Å². The van der Waals surface area contributed by atoms with Gasteiger partial charge in [-0.15, -0.1) is 0 Å². The maximum Gasteiger partial charge on any atom is 0.509 e. The molecule has 0 N–H and O–H groups in total. The first-order valence-electron chi connectivity index (χ1n) is 3.46. The van der Waals surface area contributed by atoms with Crippen molar-refractivity contribution in [1.29, 1.82) is 5.26 Å². The Labute approximate surface area is 76.3 Å². The highest BCUT2D eigenvalue weighted by Crippen LogP contribution is 2.29. The largest absolute Gasteiger partial charge is 0.509 e. The summed E-state index contributed by atoms with van der Waals surface area (Å²) in [5.41, 5.74) is 0. The van der Waals surface area contributed by atoms with Gasteiger partial charge in [-0.25, -0.2) is 4.79 Å². The Balaban J connectivity index is 4.12. The van der Waals surface area contributed by atoms with Crippen LogP contribution in [0.5, 0.6) is 0 Å². The first-order chi connectivity index (χ1) is 6.15. The van der Waals surface area contributed by atoms with Crippen molar-refractivity contribution in [3.8, 4) is 6.07 Å². The molecule has 0 spiro atoms. The first-order valence-corrected chi connectivity index (χ1v) is 4.86. The summed E-state index contributed by atoms with van der Waals surface area (Å²) in [5.74, 6) is -1.38. The molecule has 0 amide bonds. The number of nitrogens with zero attached hydrogens (tertiary/aromatic N) is 1. The van der Waals surface area contributed by atoms with Gasteiger partial charge in [0.25, 0.3) is 5.85 Å². The number of ether oxygens (including phenoxy) is 2.